The van der Waals surface area contributed by atoms with Crippen molar-refractivity contribution in [1.82, 2.24) is 9.29 Å². The number of fused-ring (bicyclic) bond motifs is 1. The fraction of sp³-hybridized carbons (Fsp3) is 0.280. The summed E-state index contributed by atoms with van der Waals surface area (Å²) in [5, 5.41) is 1.08. The lowest BCUT2D eigenvalue weighted by Crippen LogP contribution is -2.47. The number of carbonyl (C=O) groups is 1. The van der Waals surface area contributed by atoms with E-state index in [0.29, 0.717) is 28.8 Å². The number of anilines is 1. The Morgan fingerprint density at radius 1 is 1.23 bits per heavy atom. The van der Waals surface area contributed by atoms with E-state index >= 15 is 0 Å². The standard InChI is InChI=1S/C25H24ClN3O4S2/c1-16-7-9-20(10-8-16)35(31,32)29-11-3-6-21(29)24(30)28(15-19-5-4-12-33-19)25-27-23-17(2)13-18(26)14-22(23)34-25/h4-5,7-10,12-14,21H,3,6,11,15H2,1-2H3. The molecule has 4 aromatic rings. The fourth-order valence-corrected chi connectivity index (χ4v) is 7.43. The van der Waals surface area contributed by atoms with E-state index in [1.54, 1.807) is 42.7 Å². The number of aryl methyl sites for hydroxylation is 2. The van der Waals surface area contributed by atoms with Crippen LogP contribution in [0, 0.1) is 13.8 Å². The monoisotopic (exact) mass is 529 g/mol. The largest absolute Gasteiger partial charge is 0.467 e. The number of nitrogens with zero attached hydrogens (tertiary/aromatic N) is 3. The third kappa shape index (κ3) is 4.61. The van der Waals surface area contributed by atoms with Crippen LogP contribution >= 0.6 is 22.9 Å². The van der Waals surface area contributed by atoms with Crippen LogP contribution in [0.1, 0.15) is 29.7 Å². The molecule has 0 aliphatic carbocycles. The van der Waals surface area contributed by atoms with Crippen molar-refractivity contribution < 1.29 is 17.6 Å². The summed E-state index contributed by atoms with van der Waals surface area (Å²) in [5.74, 6) is 0.260. The molecule has 1 fully saturated rings. The average molecular weight is 530 g/mol. The summed E-state index contributed by atoms with van der Waals surface area (Å²) in [6, 6.07) is 13.1. The Hall–Kier alpha value is -2.72. The maximum Gasteiger partial charge on any atom is 0.247 e. The highest BCUT2D eigenvalue weighted by Crippen LogP contribution is 2.36. The van der Waals surface area contributed by atoms with Gasteiger partial charge in [-0.05, 0) is 68.7 Å². The maximum atomic E-state index is 14.0. The average Bonchev–Trinajstić information content (AvgIpc) is 3.57. The Bertz CT molecular complexity index is 1480. The Morgan fingerprint density at radius 3 is 2.71 bits per heavy atom. The van der Waals surface area contributed by atoms with Crippen LogP contribution in [-0.4, -0.2) is 36.2 Å². The Kier molecular flexibility index (Phi) is 6.43. The minimum Gasteiger partial charge on any atom is -0.467 e. The van der Waals surface area contributed by atoms with Crippen molar-refractivity contribution in [2.75, 3.05) is 11.4 Å². The second-order valence-corrected chi connectivity index (χ2v) is 12.0. The van der Waals surface area contributed by atoms with Crippen molar-refractivity contribution in [2.24, 2.45) is 0 Å². The van der Waals surface area contributed by atoms with Crippen molar-refractivity contribution in [3.63, 3.8) is 0 Å². The number of benzene rings is 2. The van der Waals surface area contributed by atoms with Gasteiger partial charge in [-0.2, -0.15) is 4.31 Å². The molecule has 0 spiro atoms. The van der Waals surface area contributed by atoms with Gasteiger partial charge in [-0.15, -0.1) is 0 Å². The summed E-state index contributed by atoms with van der Waals surface area (Å²) >= 11 is 7.59. The van der Waals surface area contributed by atoms with E-state index in [0.717, 1.165) is 21.3 Å². The van der Waals surface area contributed by atoms with Gasteiger partial charge in [0.05, 0.1) is 27.9 Å². The van der Waals surface area contributed by atoms with Crippen LogP contribution in [0.5, 0.6) is 0 Å². The van der Waals surface area contributed by atoms with Crippen LogP contribution in [0.2, 0.25) is 5.02 Å². The first kappa shape index (κ1) is 24.0. The number of carbonyl (C=O) groups excluding carboxylic acids is 1. The molecule has 3 heterocycles. The SMILES string of the molecule is Cc1ccc(S(=O)(=O)N2CCCC2C(=O)N(Cc2ccco2)c2nc3c(C)cc(Cl)cc3s2)cc1. The van der Waals surface area contributed by atoms with E-state index in [1.807, 2.05) is 26.0 Å². The second-order valence-electron chi connectivity index (χ2n) is 8.66. The molecule has 7 nitrogen and oxygen atoms in total. The summed E-state index contributed by atoms with van der Waals surface area (Å²) in [5.41, 5.74) is 2.64. The number of thiazole rings is 1. The number of sulfonamides is 1. The van der Waals surface area contributed by atoms with Crippen LogP contribution < -0.4 is 4.90 Å². The second kappa shape index (κ2) is 9.39. The van der Waals surface area contributed by atoms with E-state index in [2.05, 4.69) is 0 Å². The molecule has 1 unspecified atom stereocenters. The van der Waals surface area contributed by atoms with Gasteiger partial charge in [-0.3, -0.25) is 9.69 Å². The number of hydrogen-bond donors (Lipinski definition) is 0. The first-order chi connectivity index (χ1) is 16.7. The molecule has 2 aromatic carbocycles. The normalized spacial score (nSPS) is 16.7. The molecule has 10 heteroatoms. The Morgan fingerprint density at radius 2 is 2.00 bits per heavy atom. The predicted molar refractivity (Wildman–Crippen MR) is 137 cm³/mol. The minimum absolute atomic E-state index is 0.146. The van der Waals surface area contributed by atoms with Crippen LogP contribution in [0.4, 0.5) is 5.13 Å². The van der Waals surface area contributed by atoms with Gasteiger partial charge >= 0.3 is 0 Å². The molecule has 1 aliphatic heterocycles. The van der Waals surface area contributed by atoms with Gasteiger partial charge in [-0.1, -0.05) is 40.6 Å². The number of furan rings is 1. The van der Waals surface area contributed by atoms with Crippen molar-refractivity contribution in [2.45, 2.75) is 44.2 Å². The van der Waals surface area contributed by atoms with Crippen LogP contribution in [0.15, 0.2) is 64.1 Å². The lowest BCUT2D eigenvalue weighted by atomic mass is 10.2. The zero-order chi connectivity index (χ0) is 24.7. The lowest BCUT2D eigenvalue weighted by molar-refractivity contribution is -0.121. The van der Waals surface area contributed by atoms with Gasteiger partial charge in [0.2, 0.25) is 15.9 Å². The minimum atomic E-state index is -3.84. The first-order valence-electron chi connectivity index (χ1n) is 11.2. The molecule has 0 bridgehead atoms. The molecule has 1 atom stereocenters. The number of halogens is 1. The van der Waals surface area contributed by atoms with Gasteiger partial charge in [-0.25, -0.2) is 13.4 Å². The zero-order valence-electron chi connectivity index (χ0n) is 19.3. The number of amides is 1. The molecule has 0 radical (unpaired) electrons. The Balaban J connectivity index is 1.53. The number of aromatic nitrogens is 1. The van der Waals surface area contributed by atoms with E-state index in [9.17, 15) is 13.2 Å². The first-order valence-corrected chi connectivity index (χ1v) is 13.9. The van der Waals surface area contributed by atoms with E-state index in [-0.39, 0.29) is 23.9 Å². The highest BCUT2D eigenvalue weighted by Gasteiger charge is 2.42. The van der Waals surface area contributed by atoms with Crippen molar-refractivity contribution >= 4 is 54.2 Å². The van der Waals surface area contributed by atoms with Crippen molar-refractivity contribution in [3.8, 4) is 0 Å². The summed E-state index contributed by atoms with van der Waals surface area (Å²) in [6.45, 7) is 4.25. The molecular formula is C25H24ClN3O4S2. The smallest absolute Gasteiger partial charge is 0.247 e. The van der Waals surface area contributed by atoms with Gasteiger partial charge in [0.15, 0.2) is 5.13 Å². The van der Waals surface area contributed by atoms with Crippen LogP contribution in [0.3, 0.4) is 0 Å². The molecule has 5 rings (SSSR count). The summed E-state index contributed by atoms with van der Waals surface area (Å²) in [4.78, 5) is 20.4. The molecular weight excluding hydrogens is 506 g/mol. The molecule has 35 heavy (non-hydrogen) atoms. The number of rotatable bonds is 6. The van der Waals surface area contributed by atoms with Crippen molar-refractivity contribution in [3.05, 3.63) is 76.7 Å². The van der Waals surface area contributed by atoms with Crippen LogP contribution in [-0.2, 0) is 21.4 Å². The highest BCUT2D eigenvalue weighted by atomic mass is 35.5. The molecule has 1 amide bonds. The molecule has 182 valence electrons. The number of hydrogen-bond acceptors (Lipinski definition) is 6. The summed E-state index contributed by atoms with van der Waals surface area (Å²) in [6.07, 6.45) is 2.59. The highest BCUT2D eigenvalue weighted by molar-refractivity contribution is 7.89. The van der Waals surface area contributed by atoms with E-state index < -0.39 is 16.1 Å². The summed E-state index contributed by atoms with van der Waals surface area (Å²) in [7, 11) is -3.84. The Labute approximate surface area is 213 Å². The van der Waals surface area contributed by atoms with Gasteiger partial charge < -0.3 is 4.42 Å². The zero-order valence-corrected chi connectivity index (χ0v) is 21.7. The van der Waals surface area contributed by atoms with Gasteiger partial charge in [0, 0.05) is 11.6 Å². The van der Waals surface area contributed by atoms with Gasteiger partial charge in [0.25, 0.3) is 0 Å². The van der Waals surface area contributed by atoms with Crippen LogP contribution in [0.25, 0.3) is 10.2 Å². The maximum absolute atomic E-state index is 14.0. The van der Waals surface area contributed by atoms with E-state index in [4.69, 9.17) is 21.0 Å². The fourth-order valence-electron chi connectivity index (χ4n) is 4.36. The third-order valence-corrected chi connectivity index (χ3v) is 9.31. The quantitative estimate of drug-likeness (QED) is 0.327. The predicted octanol–water partition coefficient (Wildman–Crippen LogP) is 5.55. The molecule has 2 aromatic heterocycles. The topological polar surface area (TPSA) is 83.7 Å². The van der Waals surface area contributed by atoms with Crippen molar-refractivity contribution in [1.29, 1.82) is 0 Å². The molecule has 0 N–H and O–H groups in total. The van der Waals surface area contributed by atoms with Gasteiger partial charge in [0.1, 0.15) is 11.8 Å². The molecule has 0 saturated carbocycles. The molecule has 1 aliphatic rings. The lowest BCUT2D eigenvalue weighted by Gasteiger charge is -2.28. The summed E-state index contributed by atoms with van der Waals surface area (Å²) < 4.78 is 34.6. The molecule has 1 saturated heterocycles. The third-order valence-electron chi connectivity index (χ3n) is 6.15. The van der Waals surface area contributed by atoms with E-state index in [1.165, 1.54) is 20.5 Å².